The van der Waals surface area contributed by atoms with Crippen LogP contribution in [0.4, 0.5) is 13.2 Å². The van der Waals surface area contributed by atoms with E-state index in [1.54, 1.807) is 24.9 Å². The molecule has 41 heavy (non-hydrogen) atoms. The number of nitrogens with zero attached hydrogens (tertiary/aromatic N) is 2. The van der Waals surface area contributed by atoms with Gasteiger partial charge in [-0.2, -0.15) is 13.2 Å². The van der Waals surface area contributed by atoms with E-state index < -0.39 is 17.3 Å². The molecule has 1 aromatic heterocycles. The first-order chi connectivity index (χ1) is 19.5. The molecule has 2 heterocycles. The summed E-state index contributed by atoms with van der Waals surface area (Å²) in [5, 5.41) is 12.1. The maximum absolute atomic E-state index is 13.9. The van der Waals surface area contributed by atoms with Crippen molar-refractivity contribution in [2.24, 2.45) is 0 Å². The first kappa shape index (κ1) is 28.7. The van der Waals surface area contributed by atoms with Gasteiger partial charge in [0.05, 0.1) is 37.4 Å². The summed E-state index contributed by atoms with van der Waals surface area (Å²) in [5.41, 5.74) is 1.40. The monoisotopic (exact) mass is 566 g/mol. The summed E-state index contributed by atoms with van der Waals surface area (Å²) in [7, 11) is 3.11. The Kier molecular flexibility index (Phi) is 7.85. The summed E-state index contributed by atoms with van der Waals surface area (Å²) in [6.45, 7) is 3.57. The Hall–Kier alpha value is -3.82. The van der Waals surface area contributed by atoms with E-state index in [0.717, 1.165) is 34.2 Å². The van der Waals surface area contributed by atoms with Crippen LogP contribution in [0.5, 0.6) is 11.5 Å². The number of hydrogen-bond acceptors (Lipinski definition) is 5. The van der Waals surface area contributed by atoms with Gasteiger partial charge in [0.1, 0.15) is 0 Å². The maximum Gasteiger partial charge on any atom is 0.416 e. The molecule has 1 fully saturated rings. The summed E-state index contributed by atoms with van der Waals surface area (Å²) in [5.74, 6) is 1.07. The number of piperidine rings is 1. The quantitative estimate of drug-likeness (QED) is 0.303. The Labute approximate surface area is 236 Å². The fourth-order valence-electron chi connectivity index (χ4n) is 5.51. The Bertz CT molecular complexity index is 1600. The van der Waals surface area contributed by atoms with Gasteiger partial charge in [-0.15, -0.1) is 0 Å². The molecule has 9 heteroatoms. The van der Waals surface area contributed by atoms with Crippen LogP contribution in [0.25, 0.3) is 10.9 Å². The summed E-state index contributed by atoms with van der Waals surface area (Å²) in [6.07, 6.45) is -3.97. The fraction of sp³-hybridized carbons (Fsp3) is 0.344. The molecule has 6 nitrogen and oxygen atoms in total. The topological polar surface area (TPSA) is 63.9 Å². The summed E-state index contributed by atoms with van der Waals surface area (Å²) in [4.78, 5) is 15.9. The average molecular weight is 567 g/mol. The largest absolute Gasteiger partial charge is 0.493 e. The number of methoxy groups -OCH3 is 2. The van der Waals surface area contributed by atoms with Gasteiger partial charge in [0.15, 0.2) is 11.5 Å². The third-order valence-corrected chi connectivity index (χ3v) is 7.94. The van der Waals surface area contributed by atoms with E-state index in [4.69, 9.17) is 9.47 Å². The summed E-state index contributed by atoms with van der Waals surface area (Å²) < 4.78 is 52.5. The molecule has 0 aliphatic carbocycles. The lowest BCUT2D eigenvalue weighted by molar-refractivity contribution is -0.137. The zero-order valence-corrected chi connectivity index (χ0v) is 23.3. The number of alkyl halides is 3. The number of aliphatic hydroxyl groups is 1. The predicted molar refractivity (Wildman–Crippen MR) is 151 cm³/mol. The number of rotatable bonds is 7. The molecule has 0 unspecified atom stereocenters. The van der Waals surface area contributed by atoms with Crippen molar-refractivity contribution in [3.05, 3.63) is 105 Å². The van der Waals surface area contributed by atoms with Gasteiger partial charge in [0, 0.05) is 36.7 Å². The highest BCUT2D eigenvalue weighted by molar-refractivity contribution is 5.84. The molecule has 0 atom stereocenters. The van der Waals surface area contributed by atoms with Gasteiger partial charge in [-0.05, 0) is 55.2 Å². The molecule has 1 N–H and O–H groups in total. The number of halogens is 3. The number of hydrogen-bond donors (Lipinski definition) is 1. The van der Waals surface area contributed by atoms with Gasteiger partial charge in [-0.25, -0.2) is 0 Å². The third kappa shape index (κ3) is 5.96. The molecule has 1 aliphatic rings. The lowest BCUT2D eigenvalue weighted by atomic mass is 9.83. The molecule has 0 amide bonds. The number of ether oxygens (including phenoxy) is 2. The molecular formula is C32H33F3N2O4. The van der Waals surface area contributed by atoms with Gasteiger partial charge in [0.25, 0.3) is 5.56 Å². The van der Waals surface area contributed by atoms with Gasteiger partial charge in [0.2, 0.25) is 0 Å². The standard InChI is InChI=1S/C32H33F3N2O4/c1-21-7-9-22(10-8-21)19-37-27-18-29(41-3)28(40-2)16-23(27)15-24(30(37)38)20-36-13-11-31(39,12-14-36)25-5-4-6-26(17-25)32(33,34)35/h4-10,15-18,39H,11-14,19-20H2,1-3H3. The normalized spacial score (nSPS) is 15.7. The van der Waals surface area contributed by atoms with Crippen LogP contribution < -0.4 is 15.0 Å². The Morgan fingerprint density at radius 1 is 0.902 bits per heavy atom. The number of benzene rings is 3. The Balaban J connectivity index is 1.44. The highest BCUT2D eigenvalue weighted by Gasteiger charge is 2.37. The molecule has 5 rings (SSSR count). The van der Waals surface area contributed by atoms with Crippen LogP contribution in [-0.4, -0.2) is 41.9 Å². The number of aryl methyl sites for hydroxylation is 1. The molecule has 0 radical (unpaired) electrons. The first-order valence-corrected chi connectivity index (χ1v) is 13.5. The van der Waals surface area contributed by atoms with Crippen molar-refractivity contribution in [2.75, 3.05) is 27.3 Å². The lowest BCUT2D eigenvalue weighted by Crippen LogP contribution is -2.43. The third-order valence-electron chi connectivity index (χ3n) is 7.94. The van der Waals surface area contributed by atoms with Crippen molar-refractivity contribution in [1.29, 1.82) is 0 Å². The second-order valence-electron chi connectivity index (χ2n) is 10.7. The number of pyridine rings is 1. The second kappa shape index (κ2) is 11.2. The Morgan fingerprint density at radius 2 is 1.56 bits per heavy atom. The fourth-order valence-corrected chi connectivity index (χ4v) is 5.51. The van der Waals surface area contributed by atoms with E-state index in [1.807, 2.05) is 49.4 Å². The molecule has 1 saturated heterocycles. The van der Waals surface area contributed by atoms with Crippen LogP contribution in [0, 0.1) is 6.92 Å². The van der Waals surface area contributed by atoms with Crippen LogP contribution in [0.3, 0.4) is 0 Å². The van der Waals surface area contributed by atoms with Crippen molar-refractivity contribution in [3.8, 4) is 11.5 Å². The molecule has 0 saturated carbocycles. The van der Waals surface area contributed by atoms with E-state index in [9.17, 15) is 23.1 Å². The van der Waals surface area contributed by atoms with Gasteiger partial charge >= 0.3 is 6.18 Å². The van der Waals surface area contributed by atoms with Crippen molar-refractivity contribution in [3.63, 3.8) is 0 Å². The van der Waals surface area contributed by atoms with Crippen molar-refractivity contribution in [2.45, 2.75) is 44.6 Å². The zero-order chi connectivity index (χ0) is 29.4. The van der Waals surface area contributed by atoms with Crippen LogP contribution in [0.2, 0.25) is 0 Å². The number of aromatic nitrogens is 1. The zero-order valence-electron chi connectivity index (χ0n) is 23.3. The number of fused-ring (bicyclic) bond motifs is 1. The molecular weight excluding hydrogens is 533 g/mol. The predicted octanol–water partition coefficient (Wildman–Crippen LogP) is 5.88. The average Bonchev–Trinajstić information content (AvgIpc) is 2.96. The van der Waals surface area contributed by atoms with E-state index >= 15 is 0 Å². The van der Waals surface area contributed by atoms with E-state index in [-0.39, 0.29) is 24.0 Å². The summed E-state index contributed by atoms with van der Waals surface area (Å²) in [6, 6.07) is 18.5. The molecule has 4 aromatic rings. The van der Waals surface area contributed by atoms with Crippen molar-refractivity contribution >= 4 is 10.9 Å². The van der Waals surface area contributed by atoms with E-state index in [0.29, 0.717) is 43.2 Å². The second-order valence-corrected chi connectivity index (χ2v) is 10.7. The number of likely N-dealkylation sites (tertiary alicyclic amines) is 1. The minimum atomic E-state index is -4.48. The van der Waals surface area contributed by atoms with E-state index in [1.165, 1.54) is 6.07 Å². The highest BCUT2D eigenvalue weighted by atomic mass is 19.4. The molecule has 0 spiro atoms. The summed E-state index contributed by atoms with van der Waals surface area (Å²) >= 11 is 0. The van der Waals surface area contributed by atoms with Crippen LogP contribution >= 0.6 is 0 Å². The molecule has 0 bridgehead atoms. The SMILES string of the molecule is COc1cc2cc(CN3CCC(O)(c4cccc(C(F)(F)F)c4)CC3)c(=O)n(Cc3ccc(C)cc3)c2cc1OC. The highest BCUT2D eigenvalue weighted by Crippen LogP contribution is 2.37. The van der Waals surface area contributed by atoms with Crippen LogP contribution in [-0.2, 0) is 24.9 Å². The first-order valence-electron chi connectivity index (χ1n) is 13.5. The van der Waals surface area contributed by atoms with Gasteiger partial charge < -0.3 is 19.1 Å². The van der Waals surface area contributed by atoms with E-state index in [2.05, 4.69) is 4.90 Å². The Morgan fingerprint density at radius 3 is 2.20 bits per heavy atom. The lowest BCUT2D eigenvalue weighted by Gasteiger charge is -2.38. The molecule has 1 aliphatic heterocycles. The smallest absolute Gasteiger partial charge is 0.416 e. The minimum absolute atomic E-state index is 0.135. The minimum Gasteiger partial charge on any atom is -0.493 e. The van der Waals surface area contributed by atoms with Crippen LogP contribution in [0.1, 0.15) is 40.7 Å². The van der Waals surface area contributed by atoms with Gasteiger partial charge in [-0.1, -0.05) is 42.0 Å². The maximum atomic E-state index is 13.9. The van der Waals surface area contributed by atoms with Crippen molar-refractivity contribution < 1.29 is 27.8 Å². The van der Waals surface area contributed by atoms with Crippen molar-refractivity contribution in [1.82, 2.24) is 9.47 Å². The molecule has 216 valence electrons. The van der Waals surface area contributed by atoms with Gasteiger partial charge in [-0.3, -0.25) is 9.69 Å². The van der Waals surface area contributed by atoms with Crippen LogP contribution in [0.15, 0.2) is 71.5 Å². The molecule has 3 aromatic carbocycles.